The minimum atomic E-state index is 0.655. The van der Waals surface area contributed by atoms with Crippen molar-refractivity contribution < 1.29 is 0 Å². The number of hydrogen-bond acceptors (Lipinski definition) is 3. The first-order valence-electron chi connectivity index (χ1n) is 7.08. The summed E-state index contributed by atoms with van der Waals surface area (Å²) < 4.78 is 2.13. The quantitative estimate of drug-likeness (QED) is 0.889. The fourth-order valence-electron chi connectivity index (χ4n) is 2.62. The van der Waals surface area contributed by atoms with Crippen molar-refractivity contribution in [3.8, 4) is 0 Å². The van der Waals surface area contributed by atoms with Gasteiger partial charge in [-0.25, -0.2) is 4.98 Å². The summed E-state index contributed by atoms with van der Waals surface area (Å²) in [5, 5.41) is 5.53. The lowest BCUT2D eigenvalue weighted by Gasteiger charge is -2.34. The highest BCUT2D eigenvalue weighted by Gasteiger charge is 2.29. The molecule has 0 aromatic carbocycles. The molecule has 102 valence electrons. The van der Waals surface area contributed by atoms with Crippen molar-refractivity contribution in [3.05, 3.63) is 12.4 Å². The van der Waals surface area contributed by atoms with Gasteiger partial charge in [-0.3, -0.25) is 0 Å². The van der Waals surface area contributed by atoms with Crippen LogP contribution >= 0.6 is 11.8 Å². The fraction of sp³-hybridized carbons (Fsp3) is 0.786. The van der Waals surface area contributed by atoms with E-state index in [0.717, 1.165) is 17.6 Å². The number of hydrogen-bond donors (Lipinski definition) is 1. The molecule has 1 aromatic rings. The first kappa shape index (κ1) is 13.9. The Bertz CT molecular complexity index is 362. The molecular weight excluding hydrogens is 242 g/mol. The van der Waals surface area contributed by atoms with Gasteiger partial charge in [-0.05, 0) is 38.1 Å². The van der Waals surface area contributed by atoms with Gasteiger partial charge in [-0.15, -0.1) is 0 Å². The molecule has 0 saturated heterocycles. The van der Waals surface area contributed by atoms with Crippen molar-refractivity contribution in [1.29, 1.82) is 0 Å². The van der Waals surface area contributed by atoms with Crippen LogP contribution in [-0.4, -0.2) is 27.4 Å². The van der Waals surface area contributed by atoms with E-state index in [-0.39, 0.29) is 0 Å². The summed E-state index contributed by atoms with van der Waals surface area (Å²) in [5.74, 6) is 0.849. The van der Waals surface area contributed by atoms with Gasteiger partial charge in [0.1, 0.15) is 0 Å². The van der Waals surface area contributed by atoms with E-state index in [0.29, 0.717) is 11.3 Å². The zero-order valence-corrected chi connectivity index (χ0v) is 12.5. The SMILES string of the molecule is CCCNC1CCC(C)CC1Sc1nccn1C. The van der Waals surface area contributed by atoms with Crippen molar-refractivity contribution in [2.45, 2.75) is 56.0 Å². The van der Waals surface area contributed by atoms with Crippen LogP contribution in [0.1, 0.15) is 39.5 Å². The third-order valence-corrected chi connectivity index (χ3v) is 5.17. The van der Waals surface area contributed by atoms with E-state index in [4.69, 9.17) is 0 Å². The van der Waals surface area contributed by atoms with E-state index >= 15 is 0 Å². The Labute approximate surface area is 115 Å². The number of nitrogens with zero attached hydrogens (tertiary/aromatic N) is 2. The molecule has 2 rings (SSSR count). The molecule has 0 bridgehead atoms. The third-order valence-electron chi connectivity index (χ3n) is 3.74. The Morgan fingerprint density at radius 2 is 2.33 bits per heavy atom. The molecule has 0 spiro atoms. The molecule has 3 atom stereocenters. The van der Waals surface area contributed by atoms with E-state index < -0.39 is 0 Å². The molecule has 1 aliphatic carbocycles. The maximum atomic E-state index is 4.45. The standard InChI is InChI=1S/C14H25N3S/c1-4-7-15-12-6-5-11(2)10-13(12)18-14-16-8-9-17(14)3/h8-9,11-13,15H,4-7,10H2,1-3H3. The second-order valence-electron chi connectivity index (χ2n) is 5.46. The van der Waals surface area contributed by atoms with Crippen molar-refractivity contribution in [2.75, 3.05) is 6.54 Å². The summed E-state index contributed by atoms with van der Waals surface area (Å²) in [4.78, 5) is 4.45. The second kappa shape index (κ2) is 6.62. The number of aromatic nitrogens is 2. The first-order chi connectivity index (χ1) is 8.70. The summed E-state index contributed by atoms with van der Waals surface area (Å²) >= 11 is 1.95. The maximum Gasteiger partial charge on any atom is 0.167 e. The molecule has 0 radical (unpaired) electrons. The zero-order chi connectivity index (χ0) is 13.0. The van der Waals surface area contributed by atoms with Crippen LogP contribution in [0.25, 0.3) is 0 Å². The zero-order valence-electron chi connectivity index (χ0n) is 11.7. The molecular formula is C14H25N3S. The number of imidazole rings is 1. The second-order valence-corrected chi connectivity index (χ2v) is 6.66. The Hall–Kier alpha value is -0.480. The highest BCUT2D eigenvalue weighted by Crippen LogP contribution is 2.35. The average molecular weight is 267 g/mol. The molecule has 4 heteroatoms. The topological polar surface area (TPSA) is 29.9 Å². The lowest BCUT2D eigenvalue weighted by molar-refractivity contribution is 0.317. The molecule has 3 unspecified atom stereocenters. The van der Waals surface area contributed by atoms with Gasteiger partial charge in [0.25, 0.3) is 0 Å². The van der Waals surface area contributed by atoms with E-state index in [2.05, 4.69) is 35.8 Å². The van der Waals surface area contributed by atoms with E-state index in [1.54, 1.807) is 0 Å². The average Bonchev–Trinajstić information content (AvgIpc) is 2.74. The fourth-order valence-corrected chi connectivity index (χ4v) is 4.06. The smallest absolute Gasteiger partial charge is 0.167 e. The molecule has 1 N–H and O–H groups in total. The van der Waals surface area contributed by atoms with Crippen LogP contribution in [0.5, 0.6) is 0 Å². The monoisotopic (exact) mass is 267 g/mol. The van der Waals surface area contributed by atoms with Crippen molar-refractivity contribution in [1.82, 2.24) is 14.9 Å². The van der Waals surface area contributed by atoms with Gasteiger partial charge in [0.15, 0.2) is 5.16 Å². The molecule has 0 amide bonds. The van der Waals surface area contributed by atoms with Gasteiger partial charge in [0.2, 0.25) is 0 Å². The van der Waals surface area contributed by atoms with Gasteiger partial charge < -0.3 is 9.88 Å². The first-order valence-corrected chi connectivity index (χ1v) is 7.96. The predicted octanol–water partition coefficient (Wildman–Crippen LogP) is 3.07. The highest BCUT2D eigenvalue weighted by atomic mass is 32.2. The van der Waals surface area contributed by atoms with Crippen LogP contribution in [0.2, 0.25) is 0 Å². The van der Waals surface area contributed by atoms with Crippen LogP contribution < -0.4 is 5.32 Å². The van der Waals surface area contributed by atoms with Crippen molar-refractivity contribution in [2.24, 2.45) is 13.0 Å². The molecule has 0 aliphatic heterocycles. The van der Waals surface area contributed by atoms with E-state index in [9.17, 15) is 0 Å². The van der Waals surface area contributed by atoms with Crippen molar-refractivity contribution >= 4 is 11.8 Å². The van der Waals surface area contributed by atoms with E-state index in [1.165, 1.54) is 25.7 Å². The van der Waals surface area contributed by atoms with Crippen LogP contribution in [-0.2, 0) is 7.05 Å². The van der Waals surface area contributed by atoms with Gasteiger partial charge in [-0.2, -0.15) is 0 Å². The number of thioether (sulfide) groups is 1. The Morgan fingerprint density at radius 3 is 3.00 bits per heavy atom. The molecule has 1 aliphatic rings. The molecule has 18 heavy (non-hydrogen) atoms. The number of aryl methyl sites for hydroxylation is 1. The van der Waals surface area contributed by atoms with Crippen LogP contribution in [0.15, 0.2) is 17.6 Å². The van der Waals surface area contributed by atoms with Crippen LogP contribution in [0, 0.1) is 5.92 Å². The van der Waals surface area contributed by atoms with Gasteiger partial charge in [0.05, 0.1) is 0 Å². The van der Waals surface area contributed by atoms with Gasteiger partial charge in [-0.1, -0.05) is 25.6 Å². The van der Waals surface area contributed by atoms with Crippen LogP contribution in [0.4, 0.5) is 0 Å². The van der Waals surface area contributed by atoms with Crippen LogP contribution in [0.3, 0.4) is 0 Å². The molecule has 1 fully saturated rings. The molecule has 3 nitrogen and oxygen atoms in total. The molecule has 1 saturated carbocycles. The molecule has 1 aromatic heterocycles. The normalized spacial score (nSPS) is 28.5. The van der Waals surface area contributed by atoms with Crippen molar-refractivity contribution in [3.63, 3.8) is 0 Å². The molecule has 1 heterocycles. The summed E-state index contributed by atoms with van der Waals surface area (Å²) in [7, 11) is 2.08. The Balaban J connectivity index is 1.98. The van der Waals surface area contributed by atoms with Gasteiger partial charge >= 0.3 is 0 Å². The number of rotatable bonds is 5. The highest BCUT2D eigenvalue weighted by molar-refractivity contribution is 7.99. The largest absolute Gasteiger partial charge is 0.329 e. The predicted molar refractivity (Wildman–Crippen MR) is 77.9 cm³/mol. The van der Waals surface area contributed by atoms with E-state index in [1.807, 2.05) is 24.2 Å². The minimum absolute atomic E-state index is 0.655. The summed E-state index contributed by atoms with van der Waals surface area (Å²) in [6.07, 6.45) is 9.11. The van der Waals surface area contributed by atoms with Gasteiger partial charge in [0, 0.05) is 30.7 Å². The third kappa shape index (κ3) is 3.51. The Morgan fingerprint density at radius 1 is 1.50 bits per heavy atom. The number of nitrogens with one attached hydrogen (secondary N) is 1. The Kier molecular flexibility index (Phi) is 5.13. The lowest BCUT2D eigenvalue weighted by atomic mass is 9.87. The summed E-state index contributed by atoms with van der Waals surface area (Å²) in [5.41, 5.74) is 0. The lowest BCUT2D eigenvalue weighted by Crippen LogP contribution is -2.42. The minimum Gasteiger partial charge on any atom is -0.329 e. The maximum absolute atomic E-state index is 4.45. The summed E-state index contributed by atoms with van der Waals surface area (Å²) in [6.45, 7) is 5.75. The summed E-state index contributed by atoms with van der Waals surface area (Å²) in [6, 6.07) is 0.655.